The Morgan fingerprint density at radius 3 is 2.88 bits per heavy atom. The number of carbonyl (C=O) groups excluding carboxylic acids is 1. The summed E-state index contributed by atoms with van der Waals surface area (Å²) < 4.78 is 10.4. The number of piperidine rings is 1. The van der Waals surface area contributed by atoms with Crippen molar-refractivity contribution in [1.29, 1.82) is 0 Å². The summed E-state index contributed by atoms with van der Waals surface area (Å²) >= 11 is 0. The summed E-state index contributed by atoms with van der Waals surface area (Å²) in [7, 11) is 1.57. The van der Waals surface area contributed by atoms with E-state index >= 15 is 0 Å². The molecule has 2 fully saturated rings. The molecule has 1 amide bonds. The van der Waals surface area contributed by atoms with Gasteiger partial charge in [-0.05, 0) is 37.7 Å². The molecule has 1 N–H and O–H groups in total. The standard InChI is InChI=1S/C17H26N4O3/c1-23-16-5-4-15(19-20-16)21-8-2-3-14(12-21)17(22)18-11-13-6-9-24-10-7-13/h4-5,13-14H,2-3,6-12H2,1H3,(H,18,22)/t14-/m1/s1. The largest absolute Gasteiger partial charge is 0.480 e. The molecule has 0 unspecified atom stereocenters. The summed E-state index contributed by atoms with van der Waals surface area (Å²) in [6, 6.07) is 3.70. The third-order valence-electron chi connectivity index (χ3n) is 4.86. The maximum absolute atomic E-state index is 12.5. The number of nitrogens with zero attached hydrogens (tertiary/aromatic N) is 3. The van der Waals surface area contributed by atoms with E-state index in [9.17, 15) is 4.79 Å². The molecular formula is C17H26N4O3. The number of hydrogen-bond acceptors (Lipinski definition) is 6. The summed E-state index contributed by atoms with van der Waals surface area (Å²) in [4.78, 5) is 14.6. The molecule has 3 rings (SSSR count). The van der Waals surface area contributed by atoms with E-state index in [2.05, 4.69) is 20.4 Å². The fraction of sp³-hybridized carbons (Fsp3) is 0.706. The normalized spacial score (nSPS) is 22.2. The molecule has 3 heterocycles. The second-order valence-electron chi connectivity index (χ2n) is 6.52. The topological polar surface area (TPSA) is 76.6 Å². The Labute approximate surface area is 142 Å². The second-order valence-corrected chi connectivity index (χ2v) is 6.52. The first-order valence-corrected chi connectivity index (χ1v) is 8.74. The molecular weight excluding hydrogens is 308 g/mol. The lowest BCUT2D eigenvalue weighted by Crippen LogP contribution is -2.44. The highest BCUT2D eigenvalue weighted by Gasteiger charge is 2.27. The molecule has 0 bridgehead atoms. The van der Waals surface area contributed by atoms with E-state index in [0.717, 1.165) is 57.8 Å². The Balaban J connectivity index is 1.51. The SMILES string of the molecule is COc1ccc(N2CCC[C@@H](C(=O)NCC3CCOCC3)C2)nn1. The number of nitrogens with one attached hydrogen (secondary N) is 1. The quantitative estimate of drug-likeness (QED) is 0.873. The molecule has 1 atom stereocenters. The van der Waals surface area contributed by atoms with Gasteiger partial charge in [0.15, 0.2) is 5.82 Å². The minimum absolute atomic E-state index is 0.0162. The highest BCUT2D eigenvalue weighted by Crippen LogP contribution is 2.22. The van der Waals surface area contributed by atoms with Crippen LogP contribution in [0.5, 0.6) is 5.88 Å². The monoisotopic (exact) mass is 334 g/mol. The van der Waals surface area contributed by atoms with Crippen molar-refractivity contribution in [1.82, 2.24) is 15.5 Å². The molecule has 0 saturated carbocycles. The van der Waals surface area contributed by atoms with E-state index < -0.39 is 0 Å². The Morgan fingerprint density at radius 2 is 2.17 bits per heavy atom. The van der Waals surface area contributed by atoms with Crippen molar-refractivity contribution in [3.8, 4) is 5.88 Å². The van der Waals surface area contributed by atoms with Crippen LogP contribution in [0.25, 0.3) is 0 Å². The second kappa shape index (κ2) is 8.28. The van der Waals surface area contributed by atoms with E-state index in [0.29, 0.717) is 18.3 Å². The molecule has 7 nitrogen and oxygen atoms in total. The smallest absolute Gasteiger partial charge is 0.233 e. The predicted molar refractivity (Wildman–Crippen MR) is 90.1 cm³/mol. The van der Waals surface area contributed by atoms with Gasteiger partial charge in [-0.25, -0.2) is 0 Å². The molecule has 1 aromatic rings. The van der Waals surface area contributed by atoms with Crippen molar-refractivity contribution in [2.75, 3.05) is 44.9 Å². The van der Waals surface area contributed by atoms with Gasteiger partial charge in [0, 0.05) is 38.9 Å². The van der Waals surface area contributed by atoms with Crippen LogP contribution in [-0.4, -0.2) is 56.1 Å². The van der Waals surface area contributed by atoms with Gasteiger partial charge in [0.1, 0.15) is 0 Å². The number of ether oxygens (including phenoxy) is 2. The molecule has 132 valence electrons. The molecule has 0 aromatic carbocycles. The Hall–Kier alpha value is -1.89. The van der Waals surface area contributed by atoms with Crippen LogP contribution < -0.4 is 15.0 Å². The molecule has 2 saturated heterocycles. The number of hydrogen-bond donors (Lipinski definition) is 1. The van der Waals surface area contributed by atoms with E-state index in [1.54, 1.807) is 13.2 Å². The lowest BCUT2D eigenvalue weighted by atomic mass is 9.96. The average Bonchev–Trinajstić information content (AvgIpc) is 2.67. The van der Waals surface area contributed by atoms with Gasteiger partial charge in [0.2, 0.25) is 11.8 Å². The van der Waals surface area contributed by atoms with Crippen molar-refractivity contribution in [2.24, 2.45) is 11.8 Å². The summed E-state index contributed by atoms with van der Waals surface area (Å²) in [5, 5.41) is 11.3. The van der Waals surface area contributed by atoms with Gasteiger partial charge in [0.05, 0.1) is 13.0 Å². The van der Waals surface area contributed by atoms with Crippen molar-refractivity contribution in [3.63, 3.8) is 0 Å². The van der Waals surface area contributed by atoms with Crippen LogP contribution in [0.3, 0.4) is 0 Å². The van der Waals surface area contributed by atoms with Gasteiger partial charge in [-0.15, -0.1) is 10.2 Å². The first-order valence-electron chi connectivity index (χ1n) is 8.74. The fourth-order valence-electron chi connectivity index (χ4n) is 3.33. The minimum Gasteiger partial charge on any atom is -0.480 e. The maximum atomic E-state index is 12.5. The predicted octanol–water partition coefficient (Wildman–Crippen LogP) is 1.24. The van der Waals surface area contributed by atoms with Crippen LogP contribution in [-0.2, 0) is 9.53 Å². The number of rotatable bonds is 5. The van der Waals surface area contributed by atoms with Gasteiger partial charge in [0.25, 0.3) is 0 Å². The average molecular weight is 334 g/mol. The van der Waals surface area contributed by atoms with Crippen LogP contribution in [0.15, 0.2) is 12.1 Å². The van der Waals surface area contributed by atoms with Crippen molar-refractivity contribution >= 4 is 11.7 Å². The van der Waals surface area contributed by atoms with Gasteiger partial charge < -0.3 is 19.7 Å². The summed E-state index contributed by atoms with van der Waals surface area (Å²) in [6.07, 6.45) is 4.00. The van der Waals surface area contributed by atoms with Crippen LogP contribution in [0.2, 0.25) is 0 Å². The summed E-state index contributed by atoms with van der Waals surface area (Å²) in [5.41, 5.74) is 0. The van der Waals surface area contributed by atoms with Crippen LogP contribution in [0.4, 0.5) is 5.82 Å². The van der Waals surface area contributed by atoms with Gasteiger partial charge in [-0.3, -0.25) is 4.79 Å². The van der Waals surface area contributed by atoms with E-state index in [1.165, 1.54) is 0 Å². The third kappa shape index (κ3) is 4.35. The highest BCUT2D eigenvalue weighted by atomic mass is 16.5. The van der Waals surface area contributed by atoms with Gasteiger partial charge in [-0.1, -0.05) is 0 Å². The van der Waals surface area contributed by atoms with Crippen LogP contribution >= 0.6 is 0 Å². The maximum Gasteiger partial charge on any atom is 0.233 e. The number of aromatic nitrogens is 2. The molecule has 2 aliphatic rings. The molecule has 1 aromatic heterocycles. The lowest BCUT2D eigenvalue weighted by Gasteiger charge is -2.33. The Kier molecular flexibility index (Phi) is 5.85. The van der Waals surface area contributed by atoms with E-state index in [-0.39, 0.29) is 11.8 Å². The van der Waals surface area contributed by atoms with Crippen LogP contribution in [0.1, 0.15) is 25.7 Å². The minimum atomic E-state index is 0.0162. The van der Waals surface area contributed by atoms with Gasteiger partial charge >= 0.3 is 0 Å². The molecule has 0 aliphatic carbocycles. The molecule has 0 radical (unpaired) electrons. The summed E-state index contributed by atoms with van der Waals surface area (Å²) in [5.74, 6) is 2.03. The van der Waals surface area contributed by atoms with Gasteiger partial charge in [-0.2, -0.15) is 0 Å². The molecule has 2 aliphatic heterocycles. The molecule has 24 heavy (non-hydrogen) atoms. The zero-order valence-corrected chi connectivity index (χ0v) is 14.2. The fourth-order valence-corrected chi connectivity index (χ4v) is 3.33. The zero-order chi connectivity index (χ0) is 16.8. The number of anilines is 1. The number of carbonyl (C=O) groups is 1. The highest BCUT2D eigenvalue weighted by molar-refractivity contribution is 5.79. The summed E-state index contributed by atoms with van der Waals surface area (Å²) in [6.45, 7) is 3.99. The first kappa shape index (κ1) is 17.0. The first-order chi connectivity index (χ1) is 11.8. The number of amides is 1. The zero-order valence-electron chi connectivity index (χ0n) is 14.2. The molecule has 7 heteroatoms. The Morgan fingerprint density at radius 1 is 1.33 bits per heavy atom. The van der Waals surface area contributed by atoms with Crippen LogP contribution in [0, 0.1) is 11.8 Å². The van der Waals surface area contributed by atoms with E-state index in [4.69, 9.17) is 9.47 Å². The van der Waals surface area contributed by atoms with Crippen molar-refractivity contribution < 1.29 is 14.3 Å². The lowest BCUT2D eigenvalue weighted by molar-refractivity contribution is -0.125. The number of methoxy groups -OCH3 is 1. The Bertz CT molecular complexity index is 531. The van der Waals surface area contributed by atoms with E-state index in [1.807, 2.05) is 6.07 Å². The van der Waals surface area contributed by atoms with Crippen molar-refractivity contribution in [2.45, 2.75) is 25.7 Å². The molecule has 0 spiro atoms. The van der Waals surface area contributed by atoms with Crippen molar-refractivity contribution in [3.05, 3.63) is 12.1 Å². The third-order valence-corrected chi connectivity index (χ3v) is 4.86.